The summed E-state index contributed by atoms with van der Waals surface area (Å²) in [7, 11) is -2.27. The molecule has 0 aliphatic carbocycles. The number of sulfonamides is 1. The van der Waals surface area contributed by atoms with Crippen molar-refractivity contribution in [2.45, 2.75) is 11.8 Å². The van der Waals surface area contributed by atoms with E-state index >= 15 is 0 Å². The second-order valence-corrected chi connectivity index (χ2v) is 7.46. The highest BCUT2D eigenvalue weighted by Crippen LogP contribution is 2.22. The molecule has 1 N–H and O–H groups in total. The largest absolute Gasteiger partial charge is 0.496 e. The molecule has 1 aromatic carbocycles. The monoisotopic (exact) mass is 375 g/mol. The van der Waals surface area contributed by atoms with Crippen molar-refractivity contribution in [3.05, 3.63) is 53.3 Å². The van der Waals surface area contributed by atoms with Crippen LogP contribution < -0.4 is 9.46 Å². The van der Waals surface area contributed by atoms with Crippen molar-refractivity contribution >= 4 is 21.8 Å². The van der Waals surface area contributed by atoms with Gasteiger partial charge in [-0.15, -0.1) is 0 Å². The van der Waals surface area contributed by atoms with Gasteiger partial charge in [-0.2, -0.15) is 0 Å². The van der Waals surface area contributed by atoms with E-state index in [0.717, 1.165) is 4.90 Å². The lowest BCUT2D eigenvalue weighted by Gasteiger charge is -2.14. The van der Waals surface area contributed by atoms with Gasteiger partial charge < -0.3 is 4.74 Å². The number of aryl methyl sites for hydroxylation is 1. The van der Waals surface area contributed by atoms with Crippen LogP contribution in [0.1, 0.15) is 26.4 Å². The molecule has 136 valence electrons. The molecule has 0 fully saturated rings. The number of hydrogen-bond acceptors (Lipinski definition) is 6. The van der Waals surface area contributed by atoms with Crippen molar-refractivity contribution < 1.29 is 22.7 Å². The predicted octanol–water partition coefficient (Wildman–Crippen LogP) is 0.973. The number of imide groups is 1. The van der Waals surface area contributed by atoms with Crippen molar-refractivity contribution in [1.29, 1.82) is 0 Å². The third kappa shape index (κ3) is 3.18. The Morgan fingerprint density at radius 3 is 2.62 bits per heavy atom. The minimum atomic E-state index is -3.77. The fraction of sp³-hybridized carbons (Fsp3) is 0.235. The Kier molecular flexibility index (Phi) is 4.75. The number of benzene rings is 1. The smallest absolute Gasteiger partial charge is 0.280 e. The summed E-state index contributed by atoms with van der Waals surface area (Å²) < 4.78 is 32.3. The predicted molar refractivity (Wildman–Crippen MR) is 92.5 cm³/mol. The number of amides is 2. The van der Waals surface area contributed by atoms with Gasteiger partial charge >= 0.3 is 0 Å². The van der Waals surface area contributed by atoms with E-state index in [4.69, 9.17) is 4.74 Å². The molecule has 9 heteroatoms. The maximum Gasteiger partial charge on any atom is 0.280 e. The third-order valence-electron chi connectivity index (χ3n) is 4.04. The van der Waals surface area contributed by atoms with Crippen molar-refractivity contribution in [2.24, 2.45) is 0 Å². The maximum absolute atomic E-state index is 12.4. The van der Waals surface area contributed by atoms with E-state index < -0.39 is 21.8 Å². The van der Waals surface area contributed by atoms with Gasteiger partial charge in [-0.25, -0.2) is 13.1 Å². The molecule has 1 aliphatic heterocycles. The van der Waals surface area contributed by atoms with Crippen LogP contribution >= 0.6 is 0 Å². The molecule has 0 spiro atoms. The molecule has 2 amide bonds. The number of fused-ring (bicyclic) bond motifs is 1. The lowest BCUT2D eigenvalue weighted by Crippen LogP contribution is -2.38. The van der Waals surface area contributed by atoms with Crippen molar-refractivity contribution in [3.63, 3.8) is 0 Å². The van der Waals surface area contributed by atoms with Gasteiger partial charge in [0, 0.05) is 19.3 Å². The first-order chi connectivity index (χ1) is 12.3. The Morgan fingerprint density at radius 1 is 1.19 bits per heavy atom. The summed E-state index contributed by atoms with van der Waals surface area (Å²) in [6.07, 6.45) is 1.43. The van der Waals surface area contributed by atoms with Crippen molar-refractivity contribution in [2.75, 3.05) is 20.2 Å². The number of nitrogens with zero attached hydrogens (tertiary/aromatic N) is 2. The van der Waals surface area contributed by atoms with Crippen LogP contribution in [0.2, 0.25) is 0 Å². The molecule has 0 bridgehead atoms. The fourth-order valence-corrected chi connectivity index (χ4v) is 3.82. The lowest BCUT2D eigenvalue weighted by molar-refractivity contribution is 0.0655. The molecule has 0 atom stereocenters. The first-order valence-electron chi connectivity index (χ1n) is 7.80. The molecule has 2 aromatic rings. The van der Waals surface area contributed by atoms with Crippen LogP contribution in [0.15, 0.2) is 41.4 Å². The average Bonchev–Trinajstić information content (AvgIpc) is 2.87. The Morgan fingerprint density at radius 2 is 1.96 bits per heavy atom. The van der Waals surface area contributed by atoms with E-state index in [1.807, 2.05) is 0 Å². The van der Waals surface area contributed by atoms with Gasteiger partial charge in [-0.05, 0) is 42.8 Å². The van der Waals surface area contributed by atoms with Crippen LogP contribution in [0.3, 0.4) is 0 Å². The Balaban J connectivity index is 1.67. The maximum atomic E-state index is 12.4. The fourth-order valence-electron chi connectivity index (χ4n) is 2.71. The third-order valence-corrected chi connectivity index (χ3v) is 5.49. The van der Waals surface area contributed by atoms with Crippen LogP contribution in [0.5, 0.6) is 5.75 Å². The quantitative estimate of drug-likeness (QED) is 0.755. The molecule has 3 rings (SSSR count). The molecule has 8 nitrogen and oxygen atoms in total. The van der Waals surface area contributed by atoms with Crippen LogP contribution in [-0.4, -0.2) is 50.3 Å². The zero-order valence-corrected chi connectivity index (χ0v) is 15.0. The van der Waals surface area contributed by atoms with Gasteiger partial charge in [0.2, 0.25) is 10.0 Å². The summed E-state index contributed by atoms with van der Waals surface area (Å²) >= 11 is 0. The number of nitrogens with one attached hydrogen (secondary N) is 1. The van der Waals surface area contributed by atoms with Gasteiger partial charge in [0.25, 0.3) is 11.8 Å². The van der Waals surface area contributed by atoms with Crippen molar-refractivity contribution in [1.82, 2.24) is 14.6 Å². The number of carbonyl (C=O) groups is 2. The number of pyridine rings is 1. The number of carbonyl (C=O) groups excluding carboxylic acids is 2. The second-order valence-electron chi connectivity index (χ2n) is 5.69. The standard InChI is InChI=1S/C17H17N3O5S/c1-11-10-12(5-6-14(11)25-2)26(23,24)19-8-9-20-16(21)13-4-3-7-18-15(13)17(20)22/h3-7,10,19H,8-9H2,1-2H3. The number of rotatable bonds is 6. The Bertz CT molecular complexity index is 953. The SMILES string of the molecule is COc1ccc(S(=O)(=O)NCCN2C(=O)c3cccnc3C2=O)cc1C. The summed E-state index contributed by atoms with van der Waals surface area (Å²) in [4.78, 5) is 29.4. The summed E-state index contributed by atoms with van der Waals surface area (Å²) in [6, 6.07) is 7.59. The Hall–Kier alpha value is -2.78. The van der Waals surface area contributed by atoms with Gasteiger partial charge in [-0.3, -0.25) is 19.5 Å². The van der Waals surface area contributed by atoms with Crippen LogP contribution in [0, 0.1) is 6.92 Å². The molecule has 0 saturated carbocycles. The van der Waals surface area contributed by atoms with Gasteiger partial charge in [-0.1, -0.05) is 0 Å². The highest BCUT2D eigenvalue weighted by atomic mass is 32.2. The van der Waals surface area contributed by atoms with Crippen LogP contribution in [-0.2, 0) is 10.0 Å². The molecule has 1 aliphatic rings. The van der Waals surface area contributed by atoms with E-state index in [1.54, 1.807) is 19.1 Å². The minimum Gasteiger partial charge on any atom is -0.496 e. The Labute approximate surface area is 150 Å². The highest BCUT2D eigenvalue weighted by molar-refractivity contribution is 7.89. The molecular weight excluding hydrogens is 358 g/mol. The first-order valence-corrected chi connectivity index (χ1v) is 9.29. The van der Waals surface area contributed by atoms with E-state index in [9.17, 15) is 18.0 Å². The summed E-state index contributed by atoms with van der Waals surface area (Å²) in [6.45, 7) is 1.56. The van der Waals surface area contributed by atoms with Crippen LogP contribution in [0.25, 0.3) is 0 Å². The lowest BCUT2D eigenvalue weighted by atomic mass is 10.2. The molecule has 2 heterocycles. The molecule has 0 unspecified atom stereocenters. The molecular formula is C17H17N3O5S. The van der Waals surface area contributed by atoms with Gasteiger partial charge in [0.1, 0.15) is 11.4 Å². The topological polar surface area (TPSA) is 106 Å². The van der Waals surface area contributed by atoms with E-state index in [0.29, 0.717) is 11.3 Å². The molecule has 1 aromatic heterocycles. The first kappa shape index (κ1) is 18.0. The molecule has 0 saturated heterocycles. The normalized spacial score (nSPS) is 13.8. The molecule has 0 radical (unpaired) electrons. The summed E-state index contributed by atoms with van der Waals surface area (Å²) in [5.41, 5.74) is 0.999. The minimum absolute atomic E-state index is 0.0810. The summed E-state index contributed by atoms with van der Waals surface area (Å²) in [5.74, 6) is -0.412. The van der Waals surface area contributed by atoms with E-state index in [-0.39, 0.29) is 29.2 Å². The zero-order chi connectivity index (χ0) is 18.9. The van der Waals surface area contributed by atoms with Crippen molar-refractivity contribution in [3.8, 4) is 5.75 Å². The highest BCUT2D eigenvalue weighted by Gasteiger charge is 2.36. The van der Waals surface area contributed by atoms with Crippen LogP contribution in [0.4, 0.5) is 0 Å². The number of aromatic nitrogens is 1. The van der Waals surface area contributed by atoms with E-state index in [1.165, 1.54) is 31.5 Å². The number of ether oxygens (including phenoxy) is 1. The molecule has 26 heavy (non-hydrogen) atoms. The van der Waals surface area contributed by atoms with E-state index in [2.05, 4.69) is 9.71 Å². The van der Waals surface area contributed by atoms with Gasteiger partial charge in [0.15, 0.2) is 0 Å². The van der Waals surface area contributed by atoms with Gasteiger partial charge in [0.05, 0.1) is 17.6 Å². The summed E-state index contributed by atoms with van der Waals surface area (Å²) in [5, 5.41) is 0. The second kappa shape index (κ2) is 6.85. The number of hydrogen-bond donors (Lipinski definition) is 1. The number of methoxy groups -OCH3 is 1. The average molecular weight is 375 g/mol. The zero-order valence-electron chi connectivity index (χ0n) is 14.2.